The molecule has 0 radical (unpaired) electrons. The highest BCUT2D eigenvalue weighted by Crippen LogP contribution is 2.43. The van der Waals surface area contributed by atoms with Crippen molar-refractivity contribution in [1.82, 2.24) is 0 Å². The van der Waals surface area contributed by atoms with Gasteiger partial charge in [-0.1, -0.05) is 133 Å². The minimum atomic E-state index is -1.23. The summed E-state index contributed by atoms with van der Waals surface area (Å²) in [5.74, 6) is 0. The van der Waals surface area contributed by atoms with Crippen LogP contribution in [-0.4, -0.2) is 0 Å². The highest BCUT2D eigenvalue weighted by atomic mass is 16.3. The maximum Gasteiger partial charge on any atom is 0.143 e. The third-order valence-electron chi connectivity index (χ3n) is 6.93. The molecule has 46 heavy (non-hydrogen) atoms. The van der Waals surface area contributed by atoms with Crippen molar-refractivity contribution in [3.63, 3.8) is 0 Å². The van der Waals surface area contributed by atoms with Crippen molar-refractivity contribution < 1.29 is 44.2 Å². The van der Waals surface area contributed by atoms with E-state index in [0.717, 1.165) is 0 Å². The van der Waals surface area contributed by atoms with Crippen LogP contribution in [0.25, 0.3) is 65.7 Å². The Morgan fingerprint density at radius 3 is 1.76 bits per heavy atom. The number of fused-ring (bicyclic) bond motifs is 6. The molecule has 2 heteroatoms. The first-order chi connectivity index (χ1) is 34.9. The van der Waals surface area contributed by atoms with Crippen molar-refractivity contribution in [2.45, 2.75) is 0 Å². The summed E-state index contributed by atoms with van der Waals surface area (Å²) in [6, 6.07) is -28.5. The van der Waals surface area contributed by atoms with Crippen LogP contribution in [0.15, 0.2) is 180 Å². The first kappa shape index (κ1) is 10.2. The zero-order chi connectivity index (χ0) is 55.7. The quantitative estimate of drug-likeness (QED) is 0.191. The van der Waals surface area contributed by atoms with E-state index in [1.165, 1.54) is 0 Å². The third kappa shape index (κ3) is 4.35. The largest absolute Gasteiger partial charge is 0.455 e. The normalized spacial score (nSPS) is 20.3. The molecular weight excluding hydrogens is 558 g/mol. The molecule has 0 aliphatic heterocycles. The Bertz CT molecular complexity index is 4100. The van der Waals surface area contributed by atoms with Crippen molar-refractivity contribution >= 4 is 60.5 Å². The minimum Gasteiger partial charge on any atom is -0.455 e. The smallest absolute Gasteiger partial charge is 0.143 e. The highest BCUT2D eigenvalue weighted by Gasteiger charge is 2.18. The number of hydrogen-bond acceptors (Lipinski definition) is 2. The second-order valence-corrected chi connectivity index (χ2v) is 9.52. The maximum atomic E-state index is 9.61. The molecule has 0 unspecified atom stereocenters. The predicted molar refractivity (Wildman–Crippen MR) is 194 cm³/mol. The fourth-order valence-corrected chi connectivity index (χ4v) is 4.95. The Morgan fingerprint density at radius 2 is 0.957 bits per heavy atom. The molecule has 9 aromatic rings. The molecule has 1 aromatic heterocycles. The van der Waals surface area contributed by atoms with Gasteiger partial charge in [0.1, 0.15) is 11.2 Å². The van der Waals surface area contributed by atoms with Crippen LogP contribution in [0.4, 0.5) is 17.1 Å². The fourth-order valence-electron chi connectivity index (χ4n) is 4.95. The molecular formula is C44H29NO. The molecule has 0 atom stereocenters. The van der Waals surface area contributed by atoms with Gasteiger partial charge >= 0.3 is 0 Å². The van der Waals surface area contributed by atoms with Crippen LogP contribution in [0.5, 0.6) is 0 Å². The highest BCUT2D eigenvalue weighted by molar-refractivity contribution is 6.20. The van der Waals surface area contributed by atoms with E-state index in [-0.39, 0.29) is 0 Å². The van der Waals surface area contributed by atoms with Crippen LogP contribution in [-0.2, 0) is 0 Å². The zero-order valence-corrected chi connectivity index (χ0v) is 22.9. The molecule has 0 aliphatic carbocycles. The lowest BCUT2D eigenvalue weighted by molar-refractivity contribution is 0.674. The van der Waals surface area contributed by atoms with E-state index in [1.807, 2.05) is 0 Å². The van der Waals surface area contributed by atoms with Gasteiger partial charge in [0, 0.05) is 38.8 Å². The summed E-state index contributed by atoms with van der Waals surface area (Å²) in [4.78, 5) is 0.390. The van der Waals surface area contributed by atoms with Crippen LogP contribution in [0.1, 0.15) is 39.8 Å². The SMILES string of the molecule is [2H]c1c([2H])c([2H])c(-c2c([2H])c3c(oc4c(-c5c([2H])c([2H])c(N(c6c([2H])c([2H])c([2H])c([2H])c6[2H])c6c([2H])c([2H])c7c([2H])c([2H])c([2H])c([2H])c7c6[2H])c([2H])c5[2H])c([2H])c([2H])c([2H])c43)c3c([2H])c([2H])c([2H])c([2H])c23)c([2H])c1[2H]. The van der Waals surface area contributed by atoms with Crippen molar-refractivity contribution in [3.05, 3.63) is 175 Å². The van der Waals surface area contributed by atoms with Gasteiger partial charge in [0.25, 0.3) is 0 Å². The van der Waals surface area contributed by atoms with Crippen molar-refractivity contribution in [2.75, 3.05) is 4.90 Å². The van der Waals surface area contributed by atoms with E-state index < -0.39 is 258 Å². The number of hydrogen-bond donors (Lipinski definition) is 0. The van der Waals surface area contributed by atoms with E-state index in [1.54, 1.807) is 0 Å². The van der Waals surface area contributed by atoms with Crippen LogP contribution >= 0.6 is 0 Å². The molecule has 216 valence electrons. The van der Waals surface area contributed by atoms with Gasteiger partial charge in [0.2, 0.25) is 0 Å². The van der Waals surface area contributed by atoms with Gasteiger partial charge in [0.15, 0.2) is 0 Å². The van der Waals surface area contributed by atoms with Gasteiger partial charge in [-0.2, -0.15) is 0 Å². The number of nitrogens with zero attached hydrogens (tertiary/aromatic N) is 1. The first-order valence-corrected chi connectivity index (χ1v) is 13.3. The maximum absolute atomic E-state index is 9.61. The minimum absolute atomic E-state index is 0.390. The average molecular weight is 617 g/mol. The molecule has 0 aliphatic rings. The zero-order valence-electron chi connectivity index (χ0n) is 51.9. The molecule has 0 N–H and O–H groups in total. The summed E-state index contributed by atoms with van der Waals surface area (Å²) in [7, 11) is 0. The summed E-state index contributed by atoms with van der Waals surface area (Å²) >= 11 is 0. The van der Waals surface area contributed by atoms with Crippen molar-refractivity contribution in [1.29, 1.82) is 0 Å². The summed E-state index contributed by atoms with van der Waals surface area (Å²) in [6.45, 7) is 0. The molecule has 0 saturated carbocycles. The van der Waals surface area contributed by atoms with Gasteiger partial charge < -0.3 is 9.32 Å². The number of rotatable bonds is 5. The molecule has 2 nitrogen and oxygen atoms in total. The van der Waals surface area contributed by atoms with Gasteiger partial charge in [-0.3, -0.25) is 0 Å². The molecule has 0 amide bonds. The Morgan fingerprint density at radius 1 is 0.370 bits per heavy atom. The number of anilines is 3. The second-order valence-electron chi connectivity index (χ2n) is 9.52. The molecule has 8 aromatic carbocycles. The van der Waals surface area contributed by atoms with E-state index in [0.29, 0.717) is 4.90 Å². The summed E-state index contributed by atoms with van der Waals surface area (Å²) < 4.78 is 263. The topological polar surface area (TPSA) is 16.4 Å². The lowest BCUT2D eigenvalue weighted by Gasteiger charge is -2.26. The Balaban J connectivity index is 1.48. The van der Waals surface area contributed by atoms with E-state index >= 15 is 0 Å². The number of para-hydroxylation sites is 2. The summed E-state index contributed by atoms with van der Waals surface area (Å²) in [5, 5.41) is -3.72. The summed E-state index contributed by atoms with van der Waals surface area (Å²) in [6.07, 6.45) is 0. The van der Waals surface area contributed by atoms with Gasteiger partial charge in [-0.05, 0) is 75.1 Å². The van der Waals surface area contributed by atoms with Crippen molar-refractivity contribution in [2.24, 2.45) is 0 Å². The number of furan rings is 1. The molecule has 0 fully saturated rings. The fraction of sp³-hybridized carbons (Fsp3) is 0. The van der Waals surface area contributed by atoms with Gasteiger partial charge in [-0.15, -0.1) is 0 Å². The van der Waals surface area contributed by atoms with E-state index in [4.69, 9.17) is 34.6 Å². The Hall–Kier alpha value is -6.12. The van der Waals surface area contributed by atoms with Crippen LogP contribution in [0.2, 0.25) is 0 Å². The molecule has 1 heterocycles. The van der Waals surface area contributed by atoms with Crippen LogP contribution in [0, 0.1) is 0 Å². The van der Waals surface area contributed by atoms with Crippen molar-refractivity contribution in [3.8, 4) is 22.3 Å². The number of benzene rings is 8. The molecule has 9 rings (SSSR count). The van der Waals surface area contributed by atoms with Crippen LogP contribution < -0.4 is 4.90 Å². The van der Waals surface area contributed by atoms with E-state index in [9.17, 15) is 9.60 Å². The first-order valence-electron chi connectivity index (χ1n) is 27.8. The monoisotopic (exact) mass is 616 g/mol. The lowest BCUT2D eigenvalue weighted by Crippen LogP contribution is -2.09. The molecule has 0 spiro atoms. The van der Waals surface area contributed by atoms with Crippen LogP contribution in [0.3, 0.4) is 0 Å². The lowest BCUT2D eigenvalue weighted by atomic mass is 9.95. The molecule has 0 bridgehead atoms. The van der Waals surface area contributed by atoms with Gasteiger partial charge in [0.05, 0.1) is 39.8 Å². The Labute approximate surface area is 308 Å². The third-order valence-corrected chi connectivity index (χ3v) is 6.93. The van der Waals surface area contributed by atoms with Gasteiger partial charge in [-0.25, -0.2) is 0 Å². The predicted octanol–water partition coefficient (Wildman–Crippen LogP) is 12.7. The summed E-state index contributed by atoms with van der Waals surface area (Å²) in [5.41, 5.74) is -7.58. The standard InChI is InChI=1S/C44H29NO/c1-3-13-31(14-4-1)41-29-42-40-21-11-20-37(43(40)46-44(42)39-19-10-9-18-38(39)41)32-23-25-35(26-24-32)45(34-16-5-2-6-17-34)36-27-22-30-12-7-8-15-33(30)28-36/h1-29H/i1D,2D,3D,4D,5D,6D,7D,8D,9D,10D,11D,12D,13D,14D,15D,16D,17D,18D,19D,20D,21D,22D,23D,24D,25D,26D,27D,28D,29D. The molecule has 0 saturated heterocycles. The van der Waals surface area contributed by atoms with E-state index in [2.05, 4.69) is 0 Å². The average Bonchev–Trinajstić information content (AvgIpc) is 3.78. The second kappa shape index (κ2) is 10.8. The Kier molecular flexibility index (Phi) is 2.39.